The van der Waals surface area contributed by atoms with Crippen LogP contribution >= 0.6 is 0 Å². The third-order valence-electron chi connectivity index (χ3n) is 5.85. The maximum Gasteiger partial charge on any atom is 0.253 e. The first kappa shape index (κ1) is 24.1. The number of amides is 4. The van der Waals surface area contributed by atoms with Gasteiger partial charge >= 0.3 is 0 Å². The number of hydrogen-bond acceptors (Lipinski definition) is 6. The van der Waals surface area contributed by atoms with Crippen molar-refractivity contribution in [2.45, 2.75) is 83.1 Å². The molecule has 2 fully saturated rings. The standard InChI is InChI=1S/C20H35N5O5/c1-11(2)10-13(21)16(26)20(30)25-9-5-7-15(25)19(29)24-8-4-6-14(24)18(28)23-12(3)17(22)27/h11-16,26H,4-10,21H2,1-3H3,(H2,22,27)(H,23,28)/t12-,13+,14-,15-,16-/m0/s1. The number of carbonyl (C=O) groups excluding carboxylic acids is 4. The van der Waals surface area contributed by atoms with E-state index in [9.17, 15) is 24.3 Å². The van der Waals surface area contributed by atoms with E-state index in [1.54, 1.807) is 0 Å². The van der Waals surface area contributed by atoms with Crippen molar-refractivity contribution in [1.82, 2.24) is 15.1 Å². The molecule has 30 heavy (non-hydrogen) atoms. The Morgan fingerprint density at radius 2 is 1.60 bits per heavy atom. The van der Waals surface area contributed by atoms with Gasteiger partial charge in [-0.05, 0) is 44.9 Å². The minimum absolute atomic E-state index is 0.227. The molecule has 0 aromatic rings. The molecule has 4 amide bonds. The Balaban J connectivity index is 2.07. The molecule has 170 valence electrons. The van der Waals surface area contributed by atoms with E-state index in [0.717, 1.165) is 0 Å². The third-order valence-corrected chi connectivity index (χ3v) is 5.85. The molecule has 10 nitrogen and oxygen atoms in total. The van der Waals surface area contributed by atoms with E-state index in [1.165, 1.54) is 16.7 Å². The maximum atomic E-state index is 13.2. The number of hydrogen-bond donors (Lipinski definition) is 4. The van der Waals surface area contributed by atoms with E-state index in [4.69, 9.17) is 11.5 Å². The van der Waals surface area contributed by atoms with Crippen LogP contribution in [0.3, 0.4) is 0 Å². The summed E-state index contributed by atoms with van der Waals surface area (Å²) < 4.78 is 0. The quantitative estimate of drug-likeness (QED) is 0.378. The number of rotatable bonds is 8. The molecule has 5 atom stereocenters. The second-order valence-electron chi connectivity index (χ2n) is 8.75. The van der Waals surface area contributed by atoms with Crippen molar-refractivity contribution in [1.29, 1.82) is 0 Å². The van der Waals surface area contributed by atoms with E-state index >= 15 is 0 Å². The topological polar surface area (TPSA) is 159 Å². The van der Waals surface area contributed by atoms with Gasteiger partial charge in [0.25, 0.3) is 5.91 Å². The van der Waals surface area contributed by atoms with Crippen molar-refractivity contribution in [3.63, 3.8) is 0 Å². The summed E-state index contributed by atoms with van der Waals surface area (Å²) in [5.41, 5.74) is 11.2. The molecule has 2 rings (SSSR count). The highest BCUT2D eigenvalue weighted by atomic mass is 16.3. The summed E-state index contributed by atoms with van der Waals surface area (Å²) >= 11 is 0. The third kappa shape index (κ3) is 5.48. The summed E-state index contributed by atoms with van der Waals surface area (Å²) in [6.07, 6.45) is 1.36. The lowest BCUT2D eigenvalue weighted by Gasteiger charge is -2.33. The fraction of sp³-hybridized carbons (Fsp3) is 0.800. The summed E-state index contributed by atoms with van der Waals surface area (Å²) in [6, 6.07) is -2.96. The second-order valence-corrected chi connectivity index (χ2v) is 8.75. The molecule has 0 aromatic heterocycles. The van der Waals surface area contributed by atoms with Crippen LogP contribution in [0.4, 0.5) is 0 Å². The van der Waals surface area contributed by atoms with Crippen LogP contribution in [0.15, 0.2) is 0 Å². The Morgan fingerprint density at radius 1 is 1.03 bits per heavy atom. The van der Waals surface area contributed by atoms with Crippen LogP contribution in [0, 0.1) is 5.92 Å². The van der Waals surface area contributed by atoms with E-state index in [0.29, 0.717) is 45.2 Å². The largest absolute Gasteiger partial charge is 0.382 e. The molecule has 0 radical (unpaired) electrons. The van der Waals surface area contributed by atoms with Gasteiger partial charge in [0, 0.05) is 19.1 Å². The summed E-state index contributed by atoms with van der Waals surface area (Å²) in [7, 11) is 0. The number of aliphatic hydroxyl groups is 1. The van der Waals surface area contributed by atoms with Gasteiger partial charge in [0.1, 0.15) is 24.2 Å². The van der Waals surface area contributed by atoms with Gasteiger partial charge in [-0.25, -0.2) is 0 Å². The molecular formula is C20H35N5O5. The van der Waals surface area contributed by atoms with Crippen LogP contribution in [0.2, 0.25) is 0 Å². The Hall–Kier alpha value is -2.20. The van der Waals surface area contributed by atoms with Crippen LogP contribution in [0.25, 0.3) is 0 Å². The summed E-state index contributed by atoms with van der Waals surface area (Å²) in [5, 5.41) is 12.9. The van der Waals surface area contributed by atoms with Crippen molar-refractivity contribution in [3.05, 3.63) is 0 Å². The van der Waals surface area contributed by atoms with Crippen LogP contribution in [0.5, 0.6) is 0 Å². The van der Waals surface area contributed by atoms with Crippen LogP contribution in [-0.4, -0.2) is 81.9 Å². The fourth-order valence-electron chi connectivity index (χ4n) is 4.19. The molecule has 0 bridgehead atoms. The minimum Gasteiger partial charge on any atom is -0.382 e. The smallest absolute Gasteiger partial charge is 0.253 e. The molecule has 0 unspecified atom stereocenters. The number of nitrogens with zero attached hydrogens (tertiary/aromatic N) is 2. The highest BCUT2D eigenvalue weighted by molar-refractivity contribution is 5.95. The average Bonchev–Trinajstić information content (AvgIpc) is 3.34. The Morgan fingerprint density at radius 3 is 2.17 bits per heavy atom. The molecule has 2 heterocycles. The maximum absolute atomic E-state index is 13.2. The van der Waals surface area contributed by atoms with E-state index < -0.39 is 48.0 Å². The normalized spacial score (nSPS) is 24.6. The summed E-state index contributed by atoms with van der Waals surface area (Å²) in [6.45, 7) is 6.16. The van der Waals surface area contributed by atoms with Gasteiger partial charge < -0.3 is 31.7 Å². The lowest BCUT2D eigenvalue weighted by molar-refractivity contribution is -0.151. The molecule has 0 aliphatic carbocycles. The van der Waals surface area contributed by atoms with Crippen molar-refractivity contribution < 1.29 is 24.3 Å². The molecule has 0 spiro atoms. The SMILES string of the molecule is CC(C)C[C@@H](N)[C@H](O)C(=O)N1CCC[C@H]1C(=O)N1CCC[C@H]1C(=O)N[C@@H](C)C(N)=O. The summed E-state index contributed by atoms with van der Waals surface area (Å²) in [5.74, 6) is -1.71. The molecular weight excluding hydrogens is 390 g/mol. The lowest BCUT2D eigenvalue weighted by Crippen LogP contribution is -2.57. The number of nitrogens with one attached hydrogen (secondary N) is 1. The number of nitrogens with two attached hydrogens (primary N) is 2. The monoisotopic (exact) mass is 425 g/mol. The second kappa shape index (κ2) is 10.2. The van der Waals surface area contributed by atoms with Crippen molar-refractivity contribution in [2.24, 2.45) is 17.4 Å². The highest BCUT2D eigenvalue weighted by Gasteiger charge is 2.44. The van der Waals surface area contributed by atoms with E-state index in [-0.39, 0.29) is 11.8 Å². The van der Waals surface area contributed by atoms with Crippen LogP contribution in [-0.2, 0) is 19.2 Å². The predicted molar refractivity (Wildman–Crippen MR) is 110 cm³/mol. The van der Waals surface area contributed by atoms with Gasteiger partial charge in [0.2, 0.25) is 17.7 Å². The fourth-order valence-corrected chi connectivity index (χ4v) is 4.19. The zero-order valence-electron chi connectivity index (χ0n) is 18.0. The predicted octanol–water partition coefficient (Wildman–Crippen LogP) is -1.31. The van der Waals surface area contributed by atoms with Crippen molar-refractivity contribution in [2.75, 3.05) is 13.1 Å². The molecule has 2 aliphatic rings. The van der Waals surface area contributed by atoms with Gasteiger partial charge in [-0.1, -0.05) is 13.8 Å². The van der Waals surface area contributed by atoms with Crippen LogP contribution < -0.4 is 16.8 Å². The molecule has 2 aliphatic heterocycles. The lowest BCUT2D eigenvalue weighted by atomic mass is 9.99. The van der Waals surface area contributed by atoms with Crippen molar-refractivity contribution in [3.8, 4) is 0 Å². The van der Waals surface area contributed by atoms with Gasteiger partial charge in [-0.2, -0.15) is 0 Å². The molecule has 6 N–H and O–H groups in total. The Bertz CT molecular complexity index is 670. The molecule has 10 heteroatoms. The van der Waals surface area contributed by atoms with Gasteiger partial charge in [-0.15, -0.1) is 0 Å². The molecule has 2 saturated heterocycles. The van der Waals surface area contributed by atoms with E-state index in [2.05, 4.69) is 5.32 Å². The van der Waals surface area contributed by atoms with Gasteiger partial charge in [-0.3, -0.25) is 19.2 Å². The zero-order chi connectivity index (χ0) is 22.6. The van der Waals surface area contributed by atoms with Gasteiger partial charge in [0.15, 0.2) is 0 Å². The van der Waals surface area contributed by atoms with Crippen LogP contribution in [0.1, 0.15) is 52.9 Å². The first-order valence-electron chi connectivity index (χ1n) is 10.7. The van der Waals surface area contributed by atoms with E-state index in [1.807, 2.05) is 13.8 Å². The Labute approximate surface area is 177 Å². The number of carbonyl (C=O) groups is 4. The van der Waals surface area contributed by atoms with Crippen molar-refractivity contribution >= 4 is 23.6 Å². The number of aliphatic hydroxyl groups excluding tert-OH is 1. The average molecular weight is 426 g/mol. The molecule has 0 aromatic carbocycles. The number of primary amides is 1. The first-order chi connectivity index (χ1) is 14.0. The summed E-state index contributed by atoms with van der Waals surface area (Å²) in [4.78, 5) is 52.7. The highest BCUT2D eigenvalue weighted by Crippen LogP contribution is 2.26. The molecule has 0 saturated carbocycles. The zero-order valence-corrected chi connectivity index (χ0v) is 18.0. The number of likely N-dealkylation sites (tertiary alicyclic amines) is 2. The Kier molecular flexibility index (Phi) is 8.19. The minimum atomic E-state index is -1.37. The first-order valence-corrected chi connectivity index (χ1v) is 10.7. The van der Waals surface area contributed by atoms with Gasteiger partial charge in [0.05, 0.1) is 0 Å².